The molecule has 2 aromatic heterocycles. The minimum atomic E-state index is -0.614. The number of esters is 1. The van der Waals surface area contributed by atoms with Crippen LogP contribution in [-0.2, 0) is 0 Å². The molecule has 2 heterocycles. The number of nitrogens with zero attached hydrogens (tertiary/aromatic N) is 4. The summed E-state index contributed by atoms with van der Waals surface area (Å²) in [6.45, 7) is 1.86. The number of aryl methyl sites for hydroxylation is 1. The fourth-order valence-electron chi connectivity index (χ4n) is 2.49. The van der Waals surface area contributed by atoms with Gasteiger partial charge in [0.25, 0.3) is 11.6 Å². The SMILES string of the molecule is Cc1ccnc2nc(C(=O)Oc3ccc(-c4ccccc4)cc3)nn12. The Hall–Kier alpha value is -3.54. The van der Waals surface area contributed by atoms with Crippen LogP contribution in [-0.4, -0.2) is 25.6 Å². The molecule has 4 aromatic rings. The highest BCUT2D eigenvalue weighted by Crippen LogP contribution is 2.22. The van der Waals surface area contributed by atoms with Crippen molar-refractivity contribution in [3.05, 3.63) is 78.4 Å². The molecule has 0 aliphatic carbocycles. The third kappa shape index (κ3) is 2.97. The van der Waals surface area contributed by atoms with Gasteiger partial charge in [-0.3, -0.25) is 0 Å². The van der Waals surface area contributed by atoms with Crippen LogP contribution in [0.1, 0.15) is 16.3 Å². The Bertz CT molecular complexity index is 1040. The van der Waals surface area contributed by atoms with Gasteiger partial charge in [-0.05, 0) is 36.2 Å². The van der Waals surface area contributed by atoms with Gasteiger partial charge in [-0.2, -0.15) is 4.98 Å². The summed E-state index contributed by atoms with van der Waals surface area (Å²) in [7, 11) is 0. The summed E-state index contributed by atoms with van der Waals surface area (Å²) in [4.78, 5) is 20.4. The average Bonchev–Trinajstić information content (AvgIpc) is 3.09. The number of aromatic nitrogens is 4. The first-order chi connectivity index (χ1) is 12.2. The maximum atomic E-state index is 12.3. The van der Waals surface area contributed by atoms with E-state index in [2.05, 4.69) is 15.1 Å². The van der Waals surface area contributed by atoms with E-state index < -0.39 is 5.97 Å². The molecule has 2 aromatic carbocycles. The van der Waals surface area contributed by atoms with Crippen LogP contribution < -0.4 is 4.74 Å². The molecule has 0 aliphatic rings. The van der Waals surface area contributed by atoms with E-state index in [1.54, 1.807) is 24.4 Å². The lowest BCUT2D eigenvalue weighted by Gasteiger charge is -2.04. The Morgan fingerprint density at radius 2 is 1.68 bits per heavy atom. The molecule has 0 aliphatic heterocycles. The van der Waals surface area contributed by atoms with E-state index in [9.17, 15) is 4.79 Å². The molecule has 0 saturated carbocycles. The molecular weight excluding hydrogens is 316 g/mol. The number of carbonyl (C=O) groups is 1. The summed E-state index contributed by atoms with van der Waals surface area (Å²) in [5.74, 6) is 0.172. The maximum absolute atomic E-state index is 12.3. The smallest absolute Gasteiger partial charge is 0.383 e. The molecule has 6 nitrogen and oxygen atoms in total. The van der Waals surface area contributed by atoms with E-state index in [1.807, 2.05) is 49.4 Å². The van der Waals surface area contributed by atoms with Gasteiger partial charge in [0.15, 0.2) is 0 Å². The van der Waals surface area contributed by atoms with E-state index in [0.717, 1.165) is 16.8 Å². The van der Waals surface area contributed by atoms with Crippen LogP contribution >= 0.6 is 0 Å². The minimum Gasteiger partial charge on any atom is -0.421 e. The van der Waals surface area contributed by atoms with Gasteiger partial charge >= 0.3 is 5.97 Å². The number of benzene rings is 2. The van der Waals surface area contributed by atoms with Crippen LogP contribution in [0.5, 0.6) is 5.75 Å². The molecule has 25 heavy (non-hydrogen) atoms. The van der Waals surface area contributed by atoms with Crippen molar-refractivity contribution in [2.45, 2.75) is 6.92 Å². The molecule has 6 heteroatoms. The van der Waals surface area contributed by atoms with Crippen molar-refractivity contribution in [2.75, 3.05) is 0 Å². The highest BCUT2D eigenvalue weighted by molar-refractivity contribution is 5.87. The maximum Gasteiger partial charge on any atom is 0.383 e. The van der Waals surface area contributed by atoms with Crippen LogP contribution in [0, 0.1) is 6.92 Å². The Kier molecular flexibility index (Phi) is 3.70. The third-order valence-electron chi connectivity index (χ3n) is 3.78. The lowest BCUT2D eigenvalue weighted by atomic mass is 10.1. The van der Waals surface area contributed by atoms with Gasteiger partial charge in [0.05, 0.1) is 0 Å². The second-order valence-electron chi connectivity index (χ2n) is 5.51. The van der Waals surface area contributed by atoms with Crippen LogP contribution in [0.2, 0.25) is 0 Å². The first-order valence-corrected chi connectivity index (χ1v) is 7.77. The summed E-state index contributed by atoms with van der Waals surface area (Å²) in [5.41, 5.74) is 2.98. The quantitative estimate of drug-likeness (QED) is 0.426. The fourth-order valence-corrected chi connectivity index (χ4v) is 2.49. The van der Waals surface area contributed by atoms with Crippen molar-refractivity contribution in [2.24, 2.45) is 0 Å². The standard InChI is InChI=1S/C19H14N4O2/c1-13-11-12-20-19-21-17(22-23(13)19)18(24)25-16-9-7-15(8-10-16)14-5-3-2-4-6-14/h2-12H,1H3. The molecule has 122 valence electrons. The van der Waals surface area contributed by atoms with E-state index in [0.29, 0.717) is 11.5 Å². The summed E-state index contributed by atoms with van der Waals surface area (Å²) < 4.78 is 6.86. The van der Waals surface area contributed by atoms with Gasteiger partial charge in [0.2, 0.25) is 0 Å². The molecule has 4 rings (SSSR count). The molecule has 0 spiro atoms. The van der Waals surface area contributed by atoms with Crippen LogP contribution in [0.4, 0.5) is 0 Å². The highest BCUT2D eigenvalue weighted by atomic mass is 16.5. The van der Waals surface area contributed by atoms with Crippen molar-refractivity contribution < 1.29 is 9.53 Å². The second kappa shape index (κ2) is 6.16. The van der Waals surface area contributed by atoms with E-state index in [4.69, 9.17) is 4.74 Å². The zero-order valence-electron chi connectivity index (χ0n) is 13.5. The van der Waals surface area contributed by atoms with E-state index in [-0.39, 0.29) is 5.82 Å². The molecule has 0 radical (unpaired) electrons. The highest BCUT2D eigenvalue weighted by Gasteiger charge is 2.16. The van der Waals surface area contributed by atoms with Gasteiger partial charge in [-0.1, -0.05) is 42.5 Å². The lowest BCUT2D eigenvalue weighted by molar-refractivity contribution is 0.0722. The molecule has 0 bridgehead atoms. The van der Waals surface area contributed by atoms with E-state index in [1.165, 1.54) is 4.52 Å². The number of ether oxygens (including phenoxy) is 1. The van der Waals surface area contributed by atoms with Gasteiger partial charge in [-0.15, -0.1) is 5.10 Å². The number of carbonyl (C=O) groups excluding carboxylic acids is 1. The summed E-state index contributed by atoms with van der Waals surface area (Å²) >= 11 is 0. The van der Waals surface area contributed by atoms with Crippen LogP contribution in [0.25, 0.3) is 16.9 Å². The minimum absolute atomic E-state index is 0.0195. The Morgan fingerprint density at radius 1 is 0.960 bits per heavy atom. The molecular formula is C19H14N4O2. The molecule has 0 saturated heterocycles. The molecule has 0 atom stereocenters. The van der Waals surface area contributed by atoms with Gasteiger partial charge < -0.3 is 4.74 Å². The largest absolute Gasteiger partial charge is 0.421 e. The number of hydrogen-bond donors (Lipinski definition) is 0. The number of fused-ring (bicyclic) bond motifs is 1. The van der Waals surface area contributed by atoms with Gasteiger partial charge in [0, 0.05) is 11.9 Å². The second-order valence-corrected chi connectivity index (χ2v) is 5.51. The Morgan fingerprint density at radius 3 is 2.40 bits per heavy atom. The summed E-state index contributed by atoms with van der Waals surface area (Å²) in [6, 6.07) is 19.1. The summed E-state index contributed by atoms with van der Waals surface area (Å²) in [6.07, 6.45) is 1.62. The predicted molar refractivity (Wildman–Crippen MR) is 92.4 cm³/mol. The van der Waals surface area contributed by atoms with Crippen molar-refractivity contribution in [1.82, 2.24) is 19.6 Å². The lowest BCUT2D eigenvalue weighted by Crippen LogP contribution is -2.10. The van der Waals surface area contributed by atoms with Crippen molar-refractivity contribution in [1.29, 1.82) is 0 Å². The fraction of sp³-hybridized carbons (Fsp3) is 0.0526. The normalized spacial score (nSPS) is 10.8. The summed E-state index contributed by atoms with van der Waals surface area (Å²) in [5, 5.41) is 4.14. The zero-order chi connectivity index (χ0) is 17.2. The average molecular weight is 330 g/mol. The molecule has 0 N–H and O–H groups in total. The number of rotatable bonds is 3. The van der Waals surface area contributed by atoms with Crippen molar-refractivity contribution in [3.8, 4) is 16.9 Å². The topological polar surface area (TPSA) is 69.4 Å². The van der Waals surface area contributed by atoms with Gasteiger partial charge in [-0.25, -0.2) is 14.3 Å². The molecule has 0 unspecified atom stereocenters. The van der Waals surface area contributed by atoms with Crippen molar-refractivity contribution >= 4 is 11.7 Å². The van der Waals surface area contributed by atoms with Crippen LogP contribution in [0.15, 0.2) is 66.9 Å². The van der Waals surface area contributed by atoms with Gasteiger partial charge in [0.1, 0.15) is 5.75 Å². The van der Waals surface area contributed by atoms with Crippen molar-refractivity contribution in [3.63, 3.8) is 0 Å². The Balaban J connectivity index is 1.55. The van der Waals surface area contributed by atoms with E-state index >= 15 is 0 Å². The predicted octanol–water partition coefficient (Wildman–Crippen LogP) is 3.32. The molecule has 0 fully saturated rings. The molecule has 0 amide bonds. The monoisotopic (exact) mass is 330 g/mol. The third-order valence-corrected chi connectivity index (χ3v) is 3.78. The number of hydrogen-bond acceptors (Lipinski definition) is 5. The zero-order valence-corrected chi connectivity index (χ0v) is 13.5. The first-order valence-electron chi connectivity index (χ1n) is 7.77. The first kappa shape index (κ1) is 15.0. The Labute approximate surface area is 143 Å². The van der Waals surface area contributed by atoms with Crippen LogP contribution in [0.3, 0.4) is 0 Å².